The molecule has 0 atom stereocenters. The normalized spacial score (nSPS) is 15.5. The number of nitriles is 1. The Morgan fingerprint density at radius 1 is 0.848 bits per heavy atom. The van der Waals surface area contributed by atoms with Crippen LogP contribution >= 0.6 is 0 Å². The molecule has 0 spiro atoms. The fourth-order valence-corrected chi connectivity index (χ4v) is 3.89. The molecule has 5 rings (SSSR count). The number of fused-ring (bicyclic) bond motifs is 2. The zero-order valence-electron chi connectivity index (χ0n) is 17.1. The molecule has 0 saturated carbocycles. The van der Waals surface area contributed by atoms with Crippen LogP contribution in [0.3, 0.4) is 0 Å². The van der Waals surface area contributed by atoms with Crippen molar-refractivity contribution in [2.75, 3.05) is 10.2 Å². The van der Waals surface area contributed by atoms with Gasteiger partial charge in [-0.05, 0) is 36.4 Å². The number of amides is 3. The Balaban J connectivity index is 1.45. The van der Waals surface area contributed by atoms with Gasteiger partial charge in [-0.3, -0.25) is 14.4 Å². The number of carbonyl (C=O) groups excluding carboxylic acids is 3. The molecule has 0 bridgehead atoms. The van der Waals surface area contributed by atoms with Gasteiger partial charge in [-0.1, -0.05) is 36.4 Å². The number of benzene rings is 3. The molecule has 8 heteroatoms. The van der Waals surface area contributed by atoms with E-state index in [1.807, 2.05) is 18.2 Å². The van der Waals surface area contributed by atoms with E-state index in [1.165, 1.54) is 0 Å². The van der Waals surface area contributed by atoms with E-state index in [4.69, 9.17) is 5.73 Å². The molecular formula is C25H15N5O3. The maximum atomic E-state index is 12.7. The second kappa shape index (κ2) is 7.59. The maximum absolute atomic E-state index is 12.7. The van der Waals surface area contributed by atoms with Crippen LogP contribution in [0.25, 0.3) is 5.70 Å². The molecule has 0 radical (unpaired) electrons. The zero-order valence-corrected chi connectivity index (χ0v) is 17.1. The molecule has 0 saturated heterocycles. The number of anilines is 2. The lowest BCUT2D eigenvalue weighted by Gasteiger charge is -2.15. The number of amidine groups is 1. The van der Waals surface area contributed by atoms with Crippen LogP contribution < -0.4 is 16.0 Å². The number of carbonyl (C=O) groups is 3. The van der Waals surface area contributed by atoms with Gasteiger partial charge in [0, 0.05) is 16.8 Å². The number of nitrogens with one attached hydrogen (secondary N) is 1. The van der Waals surface area contributed by atoms with E-state index in [-0.39, 0.29) is 23.1 Å². The molecule has 0 fully saturated rings. The summed E-state index contributed by atoms with van der Waals surface area (Å²) in [6, 6.07) is 22.5. The van der Waals surface area contributed by atoms with E-state index in [0.29, 0.717) is 39.5 Å². The van der Waals surface area contributed by atoms with Gasteiger partial charge >= 0.3 is 0 Å². The third-order valence-electron chi connectivity index (χ3n) is 5.44. The van der Waals surface area contributed by atoms with Crippen molar-refractivity contribution < 1.29 is 14.4 Å². The van der Waals surface area contributed by atoms with Gasteiger partial charge in [0.1, 0.15) is 17.5 Å². The van der Waals surface area contributed by atoms with Gasteiger partial charge in [-0.2, -0.15) is 5.26 Å². The van der Waals surface area contributed by atoms with Crippen LogP contribution in [0.15, 0.2) is 83.4 Å². The van der Waals surface area contributed by atoms with Crippen LogP contribution in [0.4, 0.5) is 11.4 Å². The van der Waals surface area contributed by atoms with Crippen molar-refractivity contribution in [2.45, 2.75) is 0 Å². The Morgan fingerprint density at radius 2 is 1.39 bits per heavy atom. The van der Waals surface area contributed by atoms with Crippen LogP contribution in [-0.2, 0) is 4.79 Å². The van der Waals surface area contributed by atoms with Crippen molar-refractivity contribution in [1.29, 1.82) is 5.26 Å². The Hall–Kier alpha value is -5.03. The molecular weight excluding hydrogens is 418 g/mol. The molecule has 8 nitrogen and oxygen atoms in total. The van der Waals surface area contributed by atoms with Crippen molar-refractivity contribution in [3.8, 4) is 6.07 Å². The lowest BCUT2D eigenvalue weighted by Crippen LogP contribution is -2.29. The zero-order chi connectivity index (χ0) is 23.1. The third kappa shape index (κ3) is 3.16. The second-order valence-corrected chi connectivity index (χ2v) is 7.37. The third-order valence-corrected chi connectivity index (χ3v) is 5.44. The second-order valence-electron chi connectivity index (χ2n) is 7.37. The Kier molecular flexibility index (Phi) is 4.58. The minimum atomic E-state index is -0.849. The van der Waals surface area contributed by atoms with E-state index >= 15 is 0 Å². The first-order chi connectivity index (χ1) is 16.0. The number of aliphatic imine (C=N–C) groups is 1. The SMILES string of the molecule is N#C/C(C(N)=O)=C1/N=C(Nc2ccc(N3C(=O)c4ccccc4C3=O)cc2)c2ccccc21. The topological polar surface area (TPSA) is 129 Å². The Morgan fingerprint density at radius 3 is 1.94 bits per heavy atom. The largest absolute Gasteiger partial charge is 0.365 e. The van der Waals surface area contributed by atoms with Gasteiger partial charge in [0.15, 0.2) is 0 Å². The van der Waals surface area contributed by atoms with Crippen LogP contribution in [0.1, 0.15) is 31.8 Å². The molecule has 33 heavy (non-hydrogen) atoms. The molecule has 3 N–H and O–H groups in total. The van der Waals surface area contributed by atoms with Crippen LogP contribution in [0.2, 0.25) is 0 Å². The molecule has 2 aliphatic heterocycles. The highest BCUT2D eigenvalue weighted by Gasteiger charge is 2.36. The van der Waals surface area contributed by atoms with Gasteiger partial charge in [0.05, 0.1) is 22.5 Å². The highest BCUT2D eigenvalue weighted by molar-refractivity contribution is 6.34. The summed E-state index contributed by atoms with van der Waals surface area (Å²) in [6.45, 7) is 0. The van der Waals surface area contributed by atoms with Crippen LogP contribution in [0, 0.1) is 11.3 Å². The average molecular weight is 433 g/mol. The smallest absolute Gasteiger partial charge is 0.266 e. The van der Waals surface area contributed by atoms with Crippen molar-refractivity contribution in [2.24, 2.45) is 10.7 Å². The van der Waals surface area contributed by atoms with Crippen molar-refractivity contribution in [1.82, 2.24) is 0 Å². The minimum absolute atomic E-state index is 0.214. The summed E-state index contributed by atoms with van der Waals surface area (Å²) in [6.07, 6.45) is 0. The monoisotopic (exact) mass is 433 g/mol. The quantitative estimate of drug-likeness (QED) is 0.373. The summed E-state index contributed by atoms with van der Waals surface area (Å²) in [7, 11) is 0. The number of rotatable bonds is 3. The first-order valence-corrected chi connectivity index (χ1v) is 9.97. The minimum Gasteiger partial charge on any atom is -0.365 e. The molecule has 0 aliphatic carbocycles. The van der Waals surface area contributed by atoms with Crippen molar-refractivity contribution in [3.05, 3.63) is 101 Å². The van der Waals surface area contributed by atoms with E-state index in [1.54, 1.807) is 60.7 Å². The van der Waals surface area contributed by atoms with E-state index < -0.39 is 5.91 Å². The van der Waals surface area contributed by atoms with Gasteiger partial charge in [0.25, 0.3) is 17.7 Å². The highest BCUT2D eigenvalue weighted by atomic mass is 16.2. The molecule has 3 aromatic carbocycles. The lowest BCUT2D eigenvalue weighted by molar-refractivity contribution is -0.114. The summed E-state index contributed by atoms with van der Waals surface area (Å²) in [5, 5.41) is 12.5. The number of nitrogens with zero attached hydrogens (tertiary/aromatic N) is 3. The molecule has 3 aromatic rings. The number of hydrogen-bond donors (Lipinski definition) is 2. The molecule has 0 aromatic heterocycles. The predicted molar refractivity (Wildman–Crippen MR) is 122 cm³/mol. The summed E-state index contributed by atoms with van der Waals surface area (Å²) in [5.41, 5.74) is 8.52. The highest BCUT2D eigenvalue weighted by Crippen LogP contribution is 2.33. The summed E-state index contributed by atoms with van der Waals surface area (Å²) in [5.74, 6) is -1.13. The van der Waals surface area contributed by atoms with E-state index in [0.717, 1.165) is 4.90 Å². The fraction of sp³-hybridized carbons (Fsp3) is 0. The van der Waals surface area contributed by atoms with Gasteiger partial charge in [-0.25, -0.2) is 9.89 Å². The first-order valence-electron chi connectivity index (χ1n) is 9.97. The Labute approximate surface area is 188 Å². The van der Waals surface area contributed by atoms with Crippen LogP contribution in [0.5, 0.6) is 0 Å². The summed E-state index contributed by atoms with van der Waals surface area (Å²) in [4.78, 5) is 42.6. The number of hydrogen-bond acceptors (Lipinski definition) is 6. The maximum Gasteiger partial charge on any atom is 0.266 e. The van der Waals surface area contributed by atoms with Gasteiger partial charge < -0.3 is 11.1 Å². The number of imide groups is 1. The van der Waals surface area contributed by atoms with Gasteiger partial charge in [0.2, 0.25) is 0 Å². The van der Waals surface area contributed by atoms with Crippen molar-refractivity contribution >= 4 is 40.6 Å². The summed E-state index contributed by atoms with van der Waals surface area (Å²) >= 11 is 0. The average Bonchev–Trinajstić information content (AvgIpc) is 3.30. The molecule has 158 valence electrons. The van der Waals surface area contributed by atoms with Crippen LogP contribution in [-0.4, -0.2) is 23.6 Å². The molecule has 3 amide bonds. The summed E-state index contributed by atoms with van der Waals surface area (Å²) < 4.78 is 0. The number of primary amides is 1. The standard InChI is InChI=1S/C25H15N5O3/c26-13-20(22(27)31)21-16-5-1-2-6-17(16)23(29-21)28-14-9-11-15(12-10-14)30-24(32)18-7-3-4-8-19(18)25(30)33/h1-12H,(H2,27,31)(H,28,29)/b21-20-. The molecule has 2 heterocycles. The van der Waals surface area contributed by atoms with E-state index in [9.17, 15) is 19.6 Å². The first kappa shape index (κ1) is 19.9. The molecule has 0 unspecified atom stereocenters. The van der Waals surface area contributed by atoms with Gasteiger partial charge in [-0.15, -0.1) is 0 Å². The van der Waals surface area contributed by atoms with Crippen molar-refractivity contribution in [3.63, 3.8) is 0 Å². The fourth-order valence-electron chi connectivity index (χ4n) is 3.89. The molecule has 2 aliphatic rings. The lowest BCUT2D eigenvalue weighted by atomic mass is 10.0. The van der Waals surface area contributed by atoms with E-state index in [2.05, 4.69) is 10.3 Å². The predicted octanol–water partition coefficient (Wildman–Crippen LogP) is 3.08. The Bertz CT molecular complexity index is 1430. The number of nitrogens with two attached hydrogens (primary N) is 1.